The maximum Gasteiger partial charge on any atom is 0.248 e. The summed E-state index contributed by atoms with van der Waals surface area (Å²) in [4.78, 5) is 14.3. The van der Waals surface area contributed by atoms with Crippen molar-refractivity contribution in [2.24, 2.45) is 0 Å². The summed E-state index contributed by atoms with van der Waals surface area (Å²) in [6.45, 7) is 12.5. The molecule has 0 saturated carbocycles. The molecule has 0 rings (SSSR count). The summed E-state index contributed by atoms with van der Waals surface area (Å²) in [5, 5.41) is 0. The molecule has 1 amide bonds. The molecule has 0 saturated heterocycles. The summed E-state index contributed by atoms with van der Waals surface area (Å²) in [6.07, 6.45) is 18.3. The van der Waals surface area contributed by atoms with Crippen molar-refractivity contribution in [2.75, 3.05) is 19.7 Å². The van der Waals surface area contributed by atoms with E-state index in [9.17, 15) is 4.79 Å². The summed E-state index contributed by atoms with van der Waals surface area (Å²) in [5.74, 6) is 0.143. The van der Waals surface area contributed by atoms with Crippen LogP contribution >= 0.6 is 0 Å². The number of hydrogen-bond acceptors (Lipinski definition) is 2. The molecule has 0 aliphatic heterocycles. The molecule has 3 heteroatoms. The SMILES string of the molecule is CCCCCCCCCCCCCCN(CC)C(=O)COC(C)(C)CCC. The molecule has 0 aromatic heterocycles. The Bertz CT molecular complexity index is 341. The van der Waals surface area contributed by atoms with Crippen molar-refractivity contribution in [1.29, 1.82) is 0 Å². The van der Waals surface area contributed by atoms with Crippen molar-refractivity contribution in [3.63, 3.8) is 0 Å². The standard InChI is InChI=1S/C24H49NO2/c1-6-9-10-11-12-13-14-15-16-17-18-19-21-25(8-3)23(26)22-27-24(4,5)20-7-2/h6-22H2,1-5H3. The van der Waals surface area contributed by atoms with Crippen LogP contribution in [-0.4, -0.2) is 36.1 Å². The molecule has 0 heterocycles. The van der Waals surface area contributed by atoms with Gasteiger partial charge in [0, 0.05) is 13.1 Å². The Hall–Kier alpha value is -0.570. The third-order valence-corrected chi connectivity index (χ3v) is 5.45. The van der Waals surface area contributed by atoms with Gasteiger partial charge in [-0.1, -0.05) is 90.9 Å². The predicted molar refractivity (Wildman–Crippen MR) is 118 cm³/mol. The Morgan fingerprint density at radius 1 is 0.741 bits per heavy atom. The summed E-state index contributed by atoms with van der Waals surface area (Å²) in [7, 11) is 0. The lowest BCUT2D eigenvalue weighted by atomic mass is 10.0. The third kappa shape index (κ3) is 16.1. The smallest absolute Gasteiger partial charge is 0.248 e. The first-order valence-corrected chi connectivity index (χ1v) is 11.9. The first-order chi connectivity index (χ1) is 13.0. The Kier molecular flexibility index (Phi) is 17.2. The van der Waals surface area contributed by atoms with Gasteiger partial charge in [0.2, 0.25) is 5.91 Å². The van der Waals surface area contributed by atoms with E-state index in [1.54, 1.807) is 0 Å². The van der Waals surface area contributed by atoms with E-state index in [2.05, 4.69) is 34.6 Å². The lowest BCUT2D eigenvalue weighted by Crippen LogP contribution is -2.37. The first kappa shape index (κ1) is 26.4. The normalized spacial score (nSPS) is 11.7. The van der Waals surface area contributed by atoms with E-state index in [-0.39, 0.29) is 18.1 Å². The number of carbonyl (C=O) groups is 1. The van der Waals surface area contributed by atoms with Crippen molar-refractivity contribution in [3.05, 3.63) is 0 Å². The van der Waals surface area contributed by atoms with E-state index < -0.39 is 0 Å². The highest BCUT2D eigenvalue weighted by Gasteiger charge is 2.20. The third-order valence-electron chi connectivity index (χ3n) is 5.45. The van der Waals surface area contributed by atoms with E-state index in [4.69, 9.17) is 4.74 Å². The second kappa shape index (κ2) is 17.5. The van der Waals surface area contributed by atoms with E-state index >= 15 is 0 Å². The summed E-state index contributed by atoms with van der Waals surface area (Å²) in [5.41, 5.74) is -0.195. The molecule has 0 aromatic carbocycles. The molecular weight excluding hydrogens is 334 g/mol. The molecule has 0 N–H and O–H groups in total. The largest absolute Gasteiger partial charge is 0.366 e. The van der Waals surface area contributed by atoms with Crippen LogP contribution in [0.3, 0.4) is 0 Å². The van der Waals surface area contributed by atoms with Crippen molar-refractivity contribution < 1.29 is 9.53 Å². The molecule has 0 aliphatic carbocycles. The monoisotopic (exact) mass is 383 g/mol. The number of nitrogens with zero attached hydrogens (tertiary/aromatic N) is 1. The van der Waals surface area contributed by atoms with Crippen LogP contribution in [0.5, 0.6) is 0 Å². The van der Waals surface area contributed by atoms with Gasteiger partial charge in [-0.25, -0.2) is 0 Å². The molecule has 0 fully saturated rings. The van der Waals surface area contributed by atoms with Crippen LogP contribution in [-0.2, 0) is 9.53 Å². The van der Waals surface area contributed by atoms with Crippen LogP contribution in [0.4, 0.5) is 0 Å². The summed E-state index contributed by atoms with van der Waals surface area (Å²) >= 11 is 0. The van der Waals surface area contributed by atoms with Crippen LogP contribution in [0.1, 0.15) is 125 Å². The summed E-state index contributed by atoms with van der Waals surface area (Å²) in [6, 6.07) is 0. The Morgan fingerprint density at radius 3 is 1.67 bits per heavy atom. The predicted octanol–water partition coefficient (Wildman–Crippen LogP) is 7.13. The Labute approximate surface area is 170 Å². The van der Waals surface area contributed by atoms with Gasteiger partial charge in [0.1, 0.15) is 6.61 Å². The van der Waals surface area contributed by atoms with Crippen LogP contribution < -0.4 is 0 Å². The van der Waals surface area contributed by atoms with Crippen molar-refractivity contribution in [1.82, 2.24) is 4.90 Å². The fraction of sp³-hybridized carbons (Fsp3) is 0.958. The second-order valence-corrected chi connectivity index (χ2v) is 8.66. The fourth-order valence-corrected chi connectivity index (χ4v) is 3.63. The van der Waals surface area contributed by atoms with E-state index in [1.807, 2.05) is 4.90 Å². The zero-order valence-electron chi connectivity index (χ0n) is 19.3. The highest BCUT2D eigenvalue weighted by Crippen LogP contribution is 2.16. The highest BCUT2D eigenvalue weighted by molar-refractivity contribution is 5.77. The molecule has 0 bridgehead atoms. The van der Waals surface area contributed by atoms with E-state index in [0.717, 1.165) is 32.4 Å². The van der Waals surface area contributed by atoms with Crippen LogP contribution in [0.15, 0.2) is 0 Å². The number of amides is 1. The first-order valence-electron chi connectivity index (χ1n) is 11.9. The van der Waals surface area contributed by atoms with Gasteiger partial charge < -0.3 is 9.64 Å². The van der Waals surface area contributed by atoms with Crippen molar-refractivity contribution in [3.8, 4) is 0 Å². The van der Waals surface area contributed by atoms with Crippen LogP contribution in [0.25, 0.3) is 0 Å². The second-order valence-electron chi connectivity index (χ2n) is 8.66. The Morgan fingerprint density at radius 2 is 1.22 bits per heavy atom. The molecule has 0 aromatic rings. The average molecular weight is 384 g/mol. The summed E-state index contributed by atoms with van der Waals surface area (Å²) < 4.78 is 5.84. The number of hydrogen-bond donors (Lipinski definition) is 0. The minimum absolute atomic E-state index is 0.143. The lowest BCUT2D eigenvalue weighted by molar-refractivity contribution is -0.142. The molecule has 0 spiro atoms. The van der Waals surface area contributed by atoms with Gasteiger partial charge in [-0.15, -0.1) is 0 Å². The van der Waals surface area contributed by atoms with Gasteiger partial charge in [0.05, 0.1) is 5.60 Å². The molecule has 27 heavy (non-hydrogen) atoms. The zero-order valence-corrected chi connectivity index (χ0v) is 19.3. The molecule has 0 atom stereocenters. The van der Waals surface area contributed by atoms with Crippen LogP contribution in [0, 0.1) is 0 Å². The minimum atomic E-state index is -0.195. The number of rotatable bonds is 19. The van der Waals surface area contributed by atoms with Gasteiger partial charge in [0.25, 0.3) is 0 Å². The quantitative estimate of drug-likeness (QED) is 0.222. The van der Waals surface area contributed by atoms with Crippen molar-refractivity contribution >= 4 is 5.91 Å². The topological polar surface area (TPSA) is 29.5 Å². The van der Waals surface area contributed by atoms with E-state index in [0.29, 0.717) is 0 Å². The van der Waals surface area contributed by atoms with Gasteiger partial charge in [-0.2, -0.15) is 0 Å². The number of unbranched alkanes of at least 4 members (excludes halogenated alkanes) is 11. The number of carbonyl (C=O) groups excluding carboxylic acids is 1. The zero-order chi connectivity index (χ0) is 20.4. The Balaban J connectivity index is 3.63. The van der Waals surface area contributed by atoms with E-state index in [1.165, 1.54) is 70.6 Å². The molecule has 0 aliphatic rings. The number of ether oxygens (including phenoxy) is 1. The van der Waals surface area contributed by atoms with Crippen LogP contribution in [0.2, 0.25) is 0 Å². The maximum atomic E-state index is 12.4. The molecule has 0 unspecified atom stereocenters. The van der Waals surface area contributed by atoms with Gasteiger partial charge in [-0.05, 0) is 33.6 Å². The fourth-order valence-electron chi connectivity index (χ4n) is 3.63. The molecular formula is C24H49NO2. The van der Waals surface area contributed by atoms with Gasteiger partial charge in [0.15, 0.2) is 0 Å². The lowest BCUT2D eigenvalue weighted by Gasteiger charge is -2.27. The molecule has 162 valence electrons. The molecule has 0 radical (unpaired) electrons. The molecule has 3 nitrogen and oxygen atoms in total. The average Bonchev–Trinajstić information content (AvgIpc) is 2.64. The number of likely N-dealkylation sites (N-methyl/N-ethyl adjacent to an activating group) is 1. The van der Waals surface area contributed by atoms with Gasteiger partial charge >= 0.3 is 0 Å². The minimum Gasteiger partial charge on any atom is -0.366 e. The van der Waals surface area contributed by atoms with Crippen molar-refractivity contribution in [2.45, 2.75) is 130 Å². The highest BCUT2D eigenvalue weighted by atomic mass is 16.5. The van der Waals surface area contributed by atoms with Gasteiger partial charge in [-0.3, -0.25) is 4.79 Å². The maximum absolute atomic E-state index is 12.4.